The lowest BCUT2D eigenvalue weighted by atomic mass is 9.71. The smallest absolute Gasteiger partial charge is 0.238 e. The van der Waals surface area contributed by atoms with Crippen LogP contribution in [0.2, 0.25) is 0 Å². The third-order valence-electron chi connectivity index (χ3n) is 4.98. The van der Waals surface area contributed by atoms with Crippen LogP contribution in [0.3, 0.4) is 0 Å². The molecule has 2 fully saturated rings. The lowest BCUT2D eigenvalue weighted by molar-refractivity contribution is -0.156. The van der Waals surface area contributed by atoms with Gasteiger partial charge in [-0.2, -0.15) is 0 Å². The van der Waals surface area contributed by atoms with Gasteiger partial charge >= 0.3 is 0 Å². The molecule has 7 heteroatoms. The Labute approximate surface area is 128 Å². The lowest BCUT2D eigenvalue weighted by Crippen LogP contribution is -2.69. The maximum Gasteiger partial charge on any atom is 0.238 e. The molecule has 0 unspecified atom stereocenters. The summed E-state index contributed by atoms with van der Waals surface area (Å²) in [5.41, 5.74) is 1.26. The van der Waals surface area contributed by atoms with Gasteiger partial charge in [-0.05, 0) is 13.5 Å². The minimum absolute atomic E-state index is 0.0795. The SMILES string of the molecule is CN1CC2(C1)C(=O)N([C@H]1CCO[C@H](F)C1)Cc1cncnc12. The standard InChI is InChI=1S/C15H19FN4O2/c1-19-7-15(8-19)13-10(5-17-9-18-13)6-20(14(15)21)11-2-3-22-12(16)4-11/h5,9,11-12H,2-4,6-8H2,1H3/t11-,12-/m0/s1. The molecule has 0 bridgehead atoms. The summed E-state index contributed by atoms with van der Waals surface area (Å²) >= 11 is 0. The van der Waals surface area contributed by atoms with Crippen molar-refractivity contribution in [3.8, 4) is 0 Å². The molecular weight excluding hydrogens is 287 g/mol. The van der Waals surface area contributed by atoms with Crippen molar-refractivity contribution in [2.45, 2.75) is 37.2 Å². The van der Waals surface area contributed by atoms with E-state index < -0.39 is 11.8 Å². The fourth-order valence-electron chi connectivity index (χ4n) is 4.01. The Morgan fingerprint density at radius 1 is 1.45 bits per heavy atom. The van der Waals surface area contributed by atoms with Crippen LogP contribution in [0.5, 0.6) is 0 Å². The second-order valence-corrected chi connectivity index (χ2v) is 6.54. The van der Waals surface area contributed by atoms with Crippen molar-refractivity contribution < 1.29 is 13.9 Å². The Morgan fingerprint density at radius 2 is 2.27 bits per heavy atom. The van der Waals surface area contributed by atoms with Crippen molar-refractivity contribution in [2.75, 3.05) is 26.7 Å². The Balaban J connectivity index is 1.70. The quantitative estimate of drug-likeness (QED) is 0.755. The van der Waals surface area contributed by atoms with E-state index >= 15 is 0 Å². The van der Waals surface area contributed by atoms with Gasteiger partial charge in [-0.25, -0.2) is 14.4 Å². The fourth-order valence-corrected chi connectivity index (χ4v) is 4.01. The van der Waals surface area contributed by atoms with E-state index in [1.165, 1.54) is 6.33 Å². The maximum atomic E-state index is 13.6. The molecule has 3 aliphatic heterocycles. The molecule has 3 aliphatic rings. The summed E-state index contributed by atoms with van der Waals surface area (Å²) in [5, 5.41) is 0. The highest BCUT2D eigenvalue weighted by Crippen LogP contribution is 2.41. The number of fused-ring (bicyclic) bond motifs is 2. The van der Waals surface area contributed by atoms with E-state index in [0.29, 0.717) is 32.7 Å². The summed E-state index contributed by atoms with van der Waals surface area (Å²) in [7, 11) is 1.99. The number of likely N-dealkylation sites (N-methyl/N-ethyl adjacent to an activating group) is 1. The van der Waals surface area contributed by atoms with E-state index in [2.05, 4.69) is 14.9 Å². The highest BCUT2D eigenvalue weighted by atomic mass is 19.1. The van der Waals surface area contributed by atoms with E-state index in [4.69, 9.17) is 4.74 Å². The number of nitrogens with zero attached hydrogens (tertiary/aromatic N) is 4. The van der Waals surface area contributed by atoms with Gasteiger partial charge in [-0.1, -0.05) is 0 Å². The predicted molar refractivity (Wildman–Crippen MR) is 75.6 cm³/mol. The Kier molecular flexibility index (Phi) is 3.16. The minimum atomic E-state index is -1.28. The zero-order chi connectivity index (χ0) is 15.3. The zero-order valence-electron chi connectivity index (χ0n) is 12.5. The summed E-state index contributed by atoms with van der Waals surface area (Å²) in [6.07, 6.45) is 2.95. The van der Waals surface area contributed by atoms with Crippen LogP contribution in [0.4, 0.5) is 4.39 Å². The molecule has 0 aliphatic carbocycles. The molecular formula is C15H19FN4O2. The van der Waals surface area contributed by atoms with Gasteiger partial charge < -0.3 is 14.5 Å². The van der Waals surface area contributed by atoms with E-state index in [1.54, 1.807) is 6.20 Å². The Morgan fingerprint density at radius 3 is 3.00 bits per heavy atom. The summed E-state index contributed by atoms with van der Waals surface area (Å²) < 4.78 is 18.5. The average molecular weight is 306 g/mol. The van der Waals surface area contributed by atoms with Crippen molar-refractivity contribution in [2.24, 2.45) is 0 Å². The van der Waals surface area contributed by atoms with E-state index in [1.807, 2.05) is 11.9 Å². The predicted octanol–water partition coefficient (Wildman–Crippen LogP) is 0.477. The topological polar surface area (TPSA) is 58.6 Å². The number of ether oxygens (including phenoxy) is 1. The van der Waals surface area contributed by atoms with Gasteiger partial charge in [0.2, 0.25) is 12.3 Å². The molecule has 1 spiro atoms. The number of likely N-dealkylation sites (tertiary alicyclic amines) is 1. The number of carbonyl (C=O) groups excluding carboxylic acids is 1. The Bertz CT molecular complexity index is 605. The number of amides is 1. The van der Waals surface area contributed by atoms with Crippen LogP contribution in [0.25, 0.3) is 0 Å². The molecule has 1 aromatic rings. The summed E-state index contributed by atoms with van der Waals surface area (Å²) in [5.74, 6) is 0.0795. The van der Waals surface area contributed by atoms with Crippen LogP contribution in [-0.2, 0) is 21.5 Å². The van der Waals surface area contributed by atoms with Crippen LogP contribution in [0, 0.1) is 0 Å². The number of halogens is 1. The summed E-state index contributed by atoms with van der Waals surface area (Å²) in [6, 6.07) is -0.104. The first kappa shape index (κ1) is 14.0. The molecule has 1 aromatic heterocycles. The van der Waals surface area contributed by atoms with Crippen LogP contribution in [-0.4, -0.2) is 64.8 Å². The first-order valence-electron chi connectivity index (χ1n) is 7.65. The van der Waals surface area contributed by atoms with Crippen LogP contribution in [0.1, 0.15) is 24.1 Å². The van der Waals surface area contributed by atoms with Gasteiger partial charge in [0.05, 0.1) is 12.3 Å². The third-order valence-corrected chi connectivity index (χ3v) is 4.98. The number of carbonyl (C=O) groups is 1. The number of alkyl halides is 1. The molecule has 22 heavy (non-hydrogen) atoms. The highest BCUT2D eigenvalue weighted by Gasteiger charge is 2.56. The monoisotopic (exact) mass is 306 g/mol. The van der Waals surface area contributed by atoms with E-state index in [0.717, 1.165) is 11.3 Å². The molecule has 4 heterocycles. The van der Waals surface area contributed by atoms with Gasteiger partial charge in [0.1, 0.15) is 11.7 Å². The van der Waals surface area contributed by atoms with Crippen molar-refractivity contribution in [1.82, 2.24) is 19.8 Å². The third kappa shape index (κ3) is 1.95. The molecule has 118 valence electrons. The minimum Gasteiger partial charge on any atom is -0.348 e. The number of rotatable bonds is 1. The van der Waals surface area contributed by atoms with Crippen molar-refractivity contribution in [3.63, 3.8) is 0 Å². The first-order valence-corrected chi connectivity index (χ1v) is 7.65. The van der Waals surface area contributed by atoms with Crippen LogP contribution >= 0.6 is 0 Å². The van der Waals surface area contributed by atoms with E-state index in [9.17, 15) is 9.18 Å². The molecule has 0 aromatic carbocycles. The van der Waals surface area contributed by atoms with Crippen molar-refractivity contribution in [1.29, 1.82) is 0 Å². The van der Waals surface area contributed by atoms with Crippen molar-refractivity contribution in [3.05, 3.63) is 23.8 Å². The molecule has 1 amide bonds. The van der Waals surface area contributed by atoms with Gasteiger partial charge in [-0.15, -0.1) is 0 Å². The fraction of sp³-hybridized carbons (Fsp3) is 0.667. The molecule has 0 radical (unpaired) electrons. The molecule has 4 rings (SSSR count). The largest absolute Gasteiger partial charge is 0.348 e. The van der Waals surface area contributed by atoms with E-state index in [-0.39, 0.29) is 18.4 Å². The maximum absolute atomic E-state index is 13.6. The first-order chi connectivity index (χ1) is 10.6. The number of hydrogen-bond acceptors (Lipinski definition) is 5. The van der Waals surface area contributed by atoms with Crippen LogP contribution < -0.4 is 0 Å². The molecule has 2 saturated heterocycles. The second kappa shape index (κ2) is 4.96. The lowest BCUT2D eigenvalue weighted by Gasteiger charge is -2.53. The van der Waals surface area contributed by atoms with Crippen molar-refractivity contribution >= 4 is 5.91 Å². The molecule has 0 saturated carbocycles. The second-order valence-electron chi connectivity index (χ2n) is 6.54. The normalized spacial score (nSPS) is 31.0. The molecule has 6 nitrogen and oxygen atoms in total. The van der Waals surface area contributed by atoms with Gasteiger partial charge in [0, 0.05) is 43.9 Å². The highest BCUT2D eigenvalue weighted by molar-refractivity contribution is 5.91. The summed E-state index contributed by atoms with van der Waals surface area (Å²) in [6.45, 7) is 2.15. The van der Waals surface area contributed by atoms with Gasteiger partial charge in [-0.3, -0.25) is 4.79 Å². The summed E-state index contributed by atoms with van der Waals surface area (Å²) in [4.78, 5) is 25.5. The number of aromatic nitrogens is 2. The number of hydrogen-bond donors (Lipinski definition) is 0. The Hall–Kier alpha value is -1.60. The molecule has 2 atom stereocenters. The average Bonchev–Trinajstić information content (AvgIpc) is 2.48. The van der Waals surface area contributed by atoms with Crippen LogP contribution in [0.15, 0.2) is 12.5 Å². The molecule has 0 N–H and O–H groups in total. The van der Waals surface area contributed by atoms with Gasteiger partial charge in [0.25, 0.3) is 0 Å². The zero-order valence-corrected chi connectivity index (χ0v) is 12.5. The van der Waals surface area contributed by atoms with Gasteiger partial charge in [0.15, 0.2) is 0 Å².